The molecule has 0 saturated carbocycles. The first-order chi connectivity index (χ1) is 10.1. The average molecular weight is 373 g/mol. The number of ether oxygens (including phenoxy) is 2. The number of aliphatic hydroxyl groups is 1. The average Bonchev–Trinajstić information content (AvgIpc) is 2.94. The van der Waals surface area contributed by atoms with Crippen LogP contribution in [-0.2, 0) is 4.74 Å². The number of benzene rings is 1. The maximum Gasteiger partial charge on any atom is 0.133 e. The topological polar surface area (TPSA) is 38.7 Å². The molecule has 0 radical (unpaired) electrons. The fraction of sp³-hybridized carbons (Fsp3) is 0.625. The van der Waals surface area contributed by atoms with Gasteiger partial charge in [-0.05, 0) is 64.6 Å². The summed E-state index contributed by atoms with van der Waals surface area (Å²) in [7, 11) is 1.65. The summed E-state index contributed by atoms with van der Waals surface area (Å²) >= 11 is 5.46. The van der Waals surface area contributed by atoms with Gasteiger partial charge in [-0.3, -0.25) is 0 Å². The third-order valence-corrected chi connectivity index (χ3v) is 6.40. The molecule has 21 heavy (non-hydrogen) atoms. The molecule has 3 atom stereocenters. The van der Waals surface area contributed by atoms with Crippen molar-refractivity contribution in [2.24, 2.45) is 5.92 Å². The van der Waals surface area contributed by atoms with Crippen LogP contribution in [0.4, 0.5) is 0 Å². The molecule has 2 heterocycles. The molecule has 2 fully saturated rings. The van der Waals surface area contributed by atoms with Crippen molar-refractivity contribution in [1.82, 2.24) is 0 Å². The van der Waals surface area contributed by atoms with Gasteiger partial charge < -0.3 is 14.6 Å². The fourth-order valence-electron chi connectivity index (χ4n) is 3.34. The van der Waals surface area contributed by atoms with Gasteiger partial charge in [0.05, 0.1) is 23.3 Å². The molecule has 3 nitrogen and oxygen atoms in total. The van der Waals surface area contributed by atoms with Crippen molar-refractivity contribution in [2.45, 2.75) is 31.0 Å². The van der Waals surface area contributed by atoms with Crippen molar-refractivity contribution >= 4 is 27.7 Å². The quantitative estimate of drug-likeness (QED) is 0.875. The molecule has 2 aliphatic heterocycles. The van der Waals surface area contributed by atoms with E-state index in [-0.39, 0.29) is 11.5 Å². The highest BCUT2D eigenvalue weighted by molar-refractivity contribution is 9.10. The van der Waals surface area contributed by atoms with Gasteiger partial charge in [-0.15, -0.1) is 0 Å². The molecule has 5 heteroatoms. The lowest BCUT2D eigenvalue weighted by molar-refractivity contribution is -0.102. The van der Waals surface area contributed by atoms with E-state index in [0.717, 1.165) is 47.4 Å². The van der Waals surface area contributed by atoms with Crippen molar-refractivity contribution in [2.75, 3.05) is 25.2 Å². The molecule has 1 aromatic carbocycles. The number of halogens is 1. The minimum atomic E-state index is -0.432. The van der Waals surface area contributed by atoms with E-state index in [9.17, 15) is 5.11 Å². The highest BCUT2D eigenvalue weighted by atomic mass is 79.9. The van der Waals surface area contributed by atoms with E-state index in [1.807, 2.05) is 30.0 Å². The first-order valence-corrected chi connectivity index (χ1v) is 9.31. The fourth-order valence-corrected chi connectivity index (χ4v) is 5.27. The Morgan fingerprint density at radius 1 is 1.52 bits per heavy atom. The Kier molecular flexibility index (Phi) is 4.84. The van der Waals surface area contributed by atoms with Crippen molar-refractivity contribution < 1.29 is 14.6 Å². The van der Waals surface area contributed by atoms with Crippen molar-refractivity contribution in [3.05, 3.63) is 28.2 Å². The third-order valence-electron chi connectivity index (χ3n) is 4.56. The van der Waals surface area contributed by atoms with Crippen LogP contribution in [0.2, 0.25) is 0 Å². The predicted molar refractivity (Wildman–Crippen MR) is 89.0 cm³/mol. The molecule has 0 aliphatic carbocycles. The highest BCUT2D eigenvalue weighted by Gasteiger charge is 2.42. The molecule has 0 aromatic heterocycles. The highest BCUT2D eigenvalue weighted by Crippen LogP contribution is 2.44. The molecule has 0 amide bonds. The zero-order valence-corrected chi connectivity index (χ0v) is 14.6. The number of methoxy groups -OCH3 is 1. The van der Waals surface area contributed by atoms with Crippen LogP contribution in [0.1, 0.15) is 30.9 Å². The van der Waals surface area contributed by atoms with Gasteiger partial charge in [0.25, 0.3) is 0 Å². The second kappa shape index (κ2) is 6.49. The molecule has 2 saturated heterocycles. The van der Waals surface area contributed by atoms with Crippen molar-refractivity contribution in [3.63, 3.8) is 0 Å². The lowest BCUT2D eigenvalue weighted by Gasteiger charge is -2.39. The minimum absolute atomic E-state index is 0.0122. The lowest BCUT2D eigenvalue weighted by atomic mass is 9.80. The van der Waals surface area contributed by atoms with Gasteiger partial charge in [0.2, 0.25) is 0 Å². The maximum atomic E-state index is 10.8. The largest absolute Gasteiger partial charge is 0.496 e. The Bertz CT molecular complexity index is 502. The molecule has 0 bridgehead atoms. The van der Waals surface area contributed by atoms with Crippen molar-refractivity contribution in [3.8, 4) is 5.75 Å². The van der Waals surface area contributed by atoms with Crippen LogP contribution in [0.25, 0.3) is 0 Å². The monoisotopic (exact) mass is 372 g/mol. The zero-order valence-electron chi connectivity index (χ0n) is 12.2. The predicted octanol–water partition coefficient (Wildman–Crippen LogP) is 3.79. The molecule has 1 aromatic rings. The first-order valence-electron chi connectivity index (χ1n) is 7.37. The molecule has 3 rings (SSSR count). The number of hydrogen-bond acceptors (Lipinski definition) is 4. The van der Waals surface area contributed by atoms with Crippen LogP contribution in [0, 0.1) is 5.92 Å². The summed E-state index contributed by atoms with van der Waals surface area (Å²) in [4.78, 5) is 0. The summed E-state index contributed by atoms with van der Waals surface area (Å²) < 4.78 is 12.2. The summed E-state index contributed by atoms with van der Waals surface area (Å²) in [6, 6.07) is 5.83. The molecule has 2 aliphatic rings. The molecular formula is C16H21BrO3S. The zero-order chi connectivity index (χ0) is 14.9. The third kappa shape index (κ3) is 3.26. The standard InChI is InChI=1S/C16H21BrO3S/c1-19-14-3-2-11(8-13(14)17)15(18)12-4-6-20-16(9-12)5-7-21-10-16/h2-3,8,12,15,18H,4-7,9-10H2,1H3. The Balaban J connectivity index is 1.75. The van der Waals surface area contributed by atoms with Crippen LogP contribution in [0.5, 0.6) is 5.75 Å². The minimum Gasteiger partial charge on any atom is -0.496 e. The van der Waals surface area contributed by atoms with Crippen LogP contribution < -0.4 is 4.74 Å². The maximum absolute atomic E-state index is 10.8. The molecule has 3 unspecified atom stereocenters. The summed E-state index contributed by atoms with van der Waals surface area (Å²) in [5, 5.41) is 10.8. The second-order valence-electron chi connectivity index (χ2n) is 5.93. The summed E-state index contributed by atoms with van der Waals surface area (Å²) in [6.45, 7) is 0.764. The van der Waals surface area contributed by atoms with E-state index in [0.29, 0.717) is 0 Å². The van der Waals surface area contributed by atoms with Crippen LogP contribution >= 0.6 is 27.7 Å². The van der Waals surface area contributed by atoms with Gasteiger partial charge in [0, 0.05) is 12.4 Å². The van der Waals surface area contributed by atoms with E-state index >= 15 is 0 Å². The van der Waals surface area contributed by atoms with E-state index in [1.54, 1.807) is 7.11 Å². The van der Waals surface area contributed by atoms with Crippen LogP contribution in [-0.4, -0.2) is 35.9 Å². The molecule has 116 valence electrons. The lowest BCUT2D eigenvalue weighted by Crippen LogP contribution is -2.41. The van der Waals surface area contributed by atoms with Gasteiger partial charge in [-0.1, -0.05) is 6.07 Å². The first kappa shape index (κ1) is 15.7. The number of aliphatic hydroxyl groups excluding tert-OH is 1. The summed E-state index contributed by atoms with van der Waals surface area (Å²) in [5.74, 6) is 3.32. The van der Waals surface area contributed by atoms with Gasteiger partial charge >= 0.3 is 0 Å². The van der Waals surface area contributed by atoms with E-state index in [2.05, 4.69) is 15.9 Å². The van der Waals surface area contributed by atoms with E-state index in [1.165, 1.54) is 5.75 Å². The molecule has 1 spiro atoms. The molecule has 1 N–H and O–H groups in total. The van der Waals surface area contributed by atoms with Gasteiger partial charge in [-0.25, -0.2) is 0 Å². The normalized spacial score (nSPS) is 30.5. The Labute approximate surface area is 138 Å². The Morgan fingerprint density at radius 2 is 2.38 bits per heavy atom. The number of rotatable bonds is 3. The van der Waals surface area contributed by atoms with Gasteiger partial charge in [0.1, 0.15) is 5.75 Å². The second-order valence-corrected chi connectivity index (χ2v) is 7.89. The molecular weight excluding hydrogens is 352 g/mol. The Morgan fingerprint density at radius 3 is 3.05 bits per heavy atom. The van der Waals surface area contributed by atoms with Crippen LogP contribution in [0.3, 0.4) is 0 Å². The summed E-state index contributed by atoms with van der Waals surface area (Å²) in [6.07, 6.45) is 2.58. The van der Waals surface area contributed by atoms with E-state index < -0.39 is 6.10 Å². The van der Waals surface area contributed by atoms with Crippen molar-refractivity contribution in [1.29, 1.82) is 0 Å². The smallest absolute Gasteiger partial charge is 0.133 e. The van der Waals surface area contributed by atoms with Gasteiger partial charge in [-0.2, -0.15) is 11.8 Å². The van der Waals surface area contributed by atoms with Crippen LogP contribution in [0.15, 0.2) is 22.7 Å². The van der Waals surface area contributed by atoms with Gasteiger partial charge in [0.15, 0.2) is 0 Å². The van der Waals surface area contributed by atoms with E-state index in [4.69, 9.17) is 9.47 Å². The Hall–Kier alpha value is -0.230. The summed E-state index contributed by atoms with van der Waals surface area (Å²) in [5.41, 5.74) is 0.966. The SMILES string of the molecule is COc1ccc(C(O)C2CCOC3(CCSC3)C2)cc1Br. The number of hydrogen-bond donors (Lipinski definition) is 1. The number of thioether (sulfide) groups is 1.